The van der Waals surface area contributed by atoms with Gasteiger partial charge in [-0.05, 0) is 51.5 Å². The Morgan fingerprint density at radius 3 is 2.45 bits per heavy atom. The van der Waals surface area contributed by atoms with Crippen LogP contribution in [-0.4, -0.2) is 23.9 Å². The van der Waals surface area contributed by atoms with Crippen LogP contribution in [-0.2, 0) is 0 Å². The number of aromatic nitrogens is 2. The van der Waals surface area contributed by atoms with Gasteiger partial charge in [0.2, 0.25) is 0 Å². The number of fused-ring (bicyclic) bond motifs is 1. The Balaban J connectivity index is 1.91. The maximum atomic E-state index is 5.57. The maximum Gasteiger partial charge on any atom is 0.161 e. The van der Waals surface area contributed by atoms with Crippen LogP contribution >= 0.6 is 0 Å². The number of hydrogen-bond donors (Lipinski definition) is 1. The van der Waals surface area contributed by atoms with Crippen molar-refractivity contribution in [3.63, 3.8) is 0 Å². The van der Waals surface area contributed by atoms with Gasteiger partial charge in [0.15, 0.2) is 5.75 Å². The summed E-state index contributed by atoms with van der Waals surface area (Å²) >= 11 is 0. The molecule has 2 saturated carbocycles. The van der Waals surface area contributed by atoms with E-state index in [0.29, 0.717) is 12.1 Å². The van der Waals surface area contributed by atoms with Crippen LogP contribution in [0.15, 0.2) is 6.20 Å². The molecule has 112 valence electrons. The van der Waals surface area contributed by atoms with Crippen LogP contribution in [0.5, 0.6) is 5.75 Å². The number of methoxy groups -OCH3 is 1. The molecule has 0 aromatic carbocycles. The monoisotopic (exact) mass is 277 g/mol. The predicted molar refractivity (Wildman–Crippen MR) is 79.9 cm³/mol. The van der Waals surface area contributed by atoms with Crippen molar-refractivity contribution in [2.75, 3.05) is 14.2 Å². The number of ether oxygens (including phenoxy) is 1. The quantitative estimate of drug-likeness (QED) is 0.898. The summed E-state index contributed by atoms with van der Waals surface area (Å²) in [6.45, 7) is 4.37. The molecular weight excluding hydrogens is 250 g/mol. The molecule has 1 heterocycles. The molecule has 0 aliphatic heterocycles. The molecule has 3 rings (SSSR count). The summed E-state index contributed by atoms with van der Waals surface area (Å²) in [5.74, 6) is 3.54. The van der Waals surface area contributed by atoms with Gasteiger partial charge in [-0.25, -0.2) is 0 Å². The van der Waals surface area contributed by atoms with E-state index in [9.17, 15) is 0 Å². The standard InChI is InChI=1S/C16H27N3O/c1-10(2)19-16(13(20-4)9-18-19)15(17-3)14-11-7-5-6-8-12(11)14/h9-12,14-15,17H,5-8H2,1-4H3. The van der Waals surface area contributed by atoms with E-state index >= 15 is 0 Å². The molecule has 3 unspecified atom stereocenters. The Hall–Kier alpha value is -1.03. The Labute approximate surface area is 121 Å². The molecule has 20 heavy (non-hydrogen) atoms. The van der Waals surface area contributed by atoms with Crippen molar-refractivity contribution in [2.45, 2.75) is 51.6 Å². The fourth-order valence-corrected chi connectivity index (χ4v) is 4.27. The average molecular weight is 277 g/mol. The zero-order chi connectivity index (χ0) is 14.3. The second-order valence-corrected chi connectivity index (χ2v) is 6.59. The third-order valence-electron chi connectivity index (χ3n) is 5.22. The first-order valence-corrected chi connectivity index (χ1v) is 7.97. The molecule has 2 aliphatic rings. The van der Waals surface area contributed by atoms with Gasteiger partial charge >= 0.3 is 0 Å². The van der Waals surface area contributed by atoms with Gasteiger partial charge in [0.1, 0.15) is 0 Å². The molecule has 4 nitrogen and oxygen atoms in total. The molecule has 1 aromatic rings. The van der Waals surface area contributed by atoms with Gasteiger partial charge in [-0.2, -0.15) is 5.10 Å². The molecule has 0 saturated heterocycles. The first-order valence-electron chi connectivity index (χ1n) is 7.97. The van der Waals surface area contributed by atoms with E-state index in [4.69, 9.17) is 4.74 Å². The highest BCUT2D eigenvalue weighted by Gasteiger charge is 2.55. The number of hydrogen-bond acceptors (Lipinski definition) is 3. The Morgan fingerprint density at radius 1 is 1.30 bits per heavy atom. The highest BCUT2D eigenvalue weighted by Crippen LogP contribution is 2.61. The number of nitrogens with one attached hydrogen (secondary N) is 1. The normalized spacial score (nSPS) is 30.1. The molecule has 2 aliphatic carbocycles. The summed E-state index contributed by atoms with van der Waals surface area (Å²) < 4.78 is 7.70. The van der Waals surface area contributed by atoms with Gasteiger partial charge in [-0.1, -0.05) is 12.8 Å². The highest BCUT2D eigenvalue weighted by atomic mass is 16.5. The van der Waals surface area contributed by atoms with Crippen molar-refractivity contribution in [1.82, 2.24) is 15.1 Å². The van der Waals surface area contributed by atoms with Gasteiger partial charge in [0.05, 0.1) is 25.0 Å². The maximum absolute atomic E-state index is 5.57. The molecule has 0 amide bonds. The van der Waals surface area contributed by atoms with Crippen molar-refractivity contribution < 1.29 is 4.74 Å². The number of rotatable bonds is 5. The smallest absolute Gasteiger partial charge is 0.161 e. The minimum Gasteiger partial charge on any atom is -0.493 e. The second kappa shape index (κ2) is 5.40. The SMILES string of the molecule is CNC(c1c(OC)cnn1C(C)C)C1C2CCCCC21. The molecule has 1 N–H and O–H groups in total. The lowest BCUT2D eigenvalue weighted by Gasteiger charge is -2.21. The predicted octanol–water partition coefficient (Wildman–Crippen LogP) is 3.17. The average Bonchev–Trinajstić information content (AvgIpc) is 3.00. The molecule has 0 bridgehead atoms. The summed E-state index contributed by atoms with van der Waals surface area (Å²) in [4.78, 5) is 0. The van der Waals surface area contributed by atoms with Crippen LogP contribution in [0, 0.1) is 17.8 Å². The fraction of sp³-hybridized carbons (Fsp3) is 0.812. The van der Waals surface area contributed by atoms with Gasteiger partial charge in [-0.15, -0.1) is 0 Å². The van der Waals surface area contributed by atoms with Crippen molar-refractivity contribution in [3.8, 4) is 5.75 Å². The molecular formula is C16H27N3O. The first kappa shape index (κ1) is 13.9. The van der Waals surface area contributed by atoms with E-state index in [1.807, 2.05) is 6.20 Å². The van der Waals surface area contributed by atoms with E-state index in [1.54, 1.807) is 7.11 Å². The van der Waals surface area contributed by atoms with Crippen LogP contribution in [0.25, 0.3) is 0 Å². The minimum absolute atomic E-state index is 0.366. The van der Waals surface area contributed by atoms with Crippen molar-refractivity contribution in [3.05, 3.63) is 11.9 Å². The molecule has 0 spiro atoms. The van der Waals surface area contributed by atoms with Crippen molar-refractivity contribution in [1.29, 1.82) is 0 Å². The lowest BCUT2D eigenvalue weighted by atomic mass is 10.0. The Kier molecular flexibility index (Phi) is 3.76. The van der Waals surface area contributed by atoms with Gasteiger partial charge in [0, 0.05) is 6.04 Å². The van der Waals surface area contributed by atoms with Gasteiger partial charge in [-0.3, -0.25) is 4.68 Å². The van der Waals surface area contributed by atoms with E-state index in [0.717, 1.165) is 23.5 Å². The summed E-state index contributed by atoms with van der Waals surface area (Å²) in [6, 6.07) is 0.744. The molecule has 0 radical (unpaired) electrons. The van der Waals surface area contributed by atoms with Crippen LogP contribution in [0.3, 0.4) is 0 Å². The molecule has 2 fully saturated rings. The van der Waals surface area contributed by atoms with Crippen molar-refractivity contribution in [2.24, 2.45) is 17.8 Å². The minimum atomic E-state index is 0.366. The zero-order valence-electron chi connectivity index (χ0n) is 13.1. The van der Waals surface area contributed by atoms with Crippen molar-refractivity contribution >= 4 is 0 Å². The van der Waals surface area contributed by atoms with Gasteiger partial charge < -0.3 is 10.1 Å². The molecule has 1 aromatic heterocycles. The van der Waals surface area contributed by atoms with E-state index in [-0.39, 0.29) is 0 Å². The van der Waals surface area contributed by atoms with Crippen LogP contribution in [0.1, 0.15) is 57.3 Å². The Morgan fingerprint density at radius 2 is 1.95 bits per heavy atom. The lowest BCUT2D eigenvalue weighted by Crippen LogP contribution is -2.24. The van der Waals surface area contributed by atoms with Gasteiger partial charge in [0.25, 0.3) is 0 Å². The van der Waals surface area contributed by atoms with Crippen LogP contribution in [0.4, 0.5) is 0 Å². The largest absolute Gasteiger partial charge is 0.493 e. The van der Waals surface area contributed by atoms with E-state index < -0.39 is 0 Å². The van der Waals surface area contributed by atoms with E-state index in [1.165, 1.54) is 31.4 Å². The third kappa shape index (κ3) is 2.14. The Bertz CT molecular complexity index is 456. The lowest BCUT2D eigenvalue weighted by molar-refractivity contribution is 0.369. The summed E-state index contributed by atoms with van der Waals surface area (Å²) in [5, 5.41) is 8.09. The van der Waals surface area contributed by atoms with Crippen LogP contribution < -0.4 is 10.1 Å². The molecule has 3 atom stereocenters. The fourth-order valence-electron chi connectivity index (χ4n) is 4.27. The topological polar surface area (TPSA) is 39.1 Å². The first-order chi connectivity index (χ1) is 9.69. The number of nitrogens with zero attached hydrogens (tertiary/aromatic N) is 2. The highest BCUT2D eigenvalue weighted by molar-refractivity contribution is 5.31. The zero-order valence-corrected chi connectivity index (χ0v) is 13.1. The summed E-state index contributed by atoms with van der Waals surface area (Å²) in [5.41, 5.74) is 1.24. The molecule has 4 heteroatoms. The van der Waals surface area contributed by atoms with E-state index in [2.05, 4.69) is 36.0 Å². The summed E-state index contributed by atoms with van der Waals surface area (Å²) in [6.07, 6.45) is 7.51. The van der Waals surface area contributed by atoms with Crippen LogP contribution in [0.2, 0.25) is 0 Å². The summed E-state index contributed by atoms with van der Waals surface area (Å²) in [7, 11) is 3.82. The third-order valence-corrected chi connectivity index (χ3v) is 5.22. The second-order valence-electron chi connectivity index (χ2n) is 6.59.